The number of carbonyl (C=O) groups is 2. The van der Waals surface area contributed by atoms with Crippen molar-refractivity contribution in [3.8, 4) is 17.1 Å². The zero-order chi connectivity index (χ0) is 21.5. The van der Waals surface area contributed by atoms with Crippen LogP contribution >= 0.6 is 0 Å². The van der Waals surface area contributed by atoms with Crippen LogP contribution < -0.4 is 15.7 Å². The summed E-state index contributed by atoms with van der Waals surface area (Å²) < 4.78 is 10.8. The molecule has 1 amide bonds. The fraction of sp³-hybridized carbons (Fsp3) is 0.261. The van der Waals surface area contributed by atoms with Crippen LogP contribution in [0.4, 0.5) is 0 Å². The second kappa shape index (κ2) is 9.73. The van der Waals surface area contributed by atoms with Crippen molar-refractivity contribution in [1.82, 2.24) is 5.32 Å². The van der Waals surface area contributed by atoms with Gasteiger partial charge < -0.3 is 19.6 Å². The first-order valence-electron chi connectivity index (χ1n) is 9.76. The molecule has 1 aromatic heterocycles. The molecular weight excluding hydrogens is 386 g/mol. The van der Waals surface area contributed by atoms with Crippen molar-refractivity contribution in [2.24, 2.45) is 0 Å². The lowest BCUT2D eigenvalue weighted by Crippen LogP contribution is -2.42. The number of carboxylic acid groups (broad SMARTS) is 1. The van der Waals surface area contributed by atoms with E-state index in [1.165, 1.54) is 0 Å². The van der Waals surface area contributed by atoms with Crippen LogP contribution in [0.15, 0.2) is 63.8 Å². The number of nitrogens with one attached hydrogen (secondary N) is 1. The van der Waals surface area contributed by atoms with E-state index in [4.69, 9.17) is 9.15 Å². The summed E-state index contributed by atoms with van der Waals surface area (Å²) in [6.45, 7) is 1.66. The fourth-order valence-electron chi connectivity index (χ4n) is 3.04. The summed E-state index contributed by atoms with van der Waals surface area (Å²) in [5.41, 5.74) is 0.288. The van der Waals surface area contributed by atoms with Crippen LogP contribution in [0.1, 0.15) is 26.2 Å². The number of hydrogen-bond donors (Lipinski definition) is 2. The van der Waals surface area contributed by atoms with Crippen LogP contribution in [-0.4, -0.2) is 29.6 Å². The summed E-state index contributed by atoms with van der Waals surface area (Å²) in [4.78, 5) is 35.3. The molecule has 7 heteroatoms. The fourth-order valence-corrected chi connectivity index (χ4v) is 3.04. The summed E-state index contributed by atoms with van der Waals surface area (Å²) >= 11 is 0. The number of benzene rings is 2. The van der Waals surface area contributed by atoms with Crippen LogP contribution in [0.2, 0.25) is 0 Å². The molecule has 7 nitrogen and oxygen atoms in total. The van der Waals surface area contributed by atoms with E-state index in [0.717, 1.165) is 11.8 Å². The molecule has 2 N–H and O–H groups in total. The highest BCUT2D eigenvalue weighted by Gasteiger charge is 2.19. The van der Waals surface area contributed by atoms with Crippen molar-refractivity contribution in [1.29, 1.82) is 0 Å². The molecule has 3 aromatic rings. The van der Waals surface area contributed by atoms with Crippen molar-refractivity contribution in [3.63, 3.8) is 0 Å². The second-order valence-electron chi connectivity index (χ2n) is 6.90. The topological polar surface area (TPSA) is 106 Å². The molecule has 0 aliphatic carbocycles. The molecule has 0 unspecified atom stereocenters. The Kier molecular flexibility index (Phi) is 6.85. The molecule has 0 fully saturated rings. The van der Waals surface area contributed by atoms with Gasteiger partial charge in [-0.1, -0.05) is 38.0 Å². The Bertz CT molecular complexity index is 1090. The zero-order valence-electron chi connectivity index (χ0n) is 16.6. The first-order valence-corrected chi connectivity index (χ1v) is 9.76. The minimum Gasteiger partial charge on any atom is -0.484 e. The molecule has 0 aliphatic heterocycles. The van der Waals surface area contributed by atoms with E-state index in [9.17, 15) is 19.5 Å². The first kappa shape index (κ1) is 21.1. The third-order valence-corrected chi connectivity index (χ3v) is 4.66. The zero-order valence-corrected chi connectivity index (χ0v) is 16.6. The number of rotatable bonds is 9. The van der Waals surface area contributed by atoms with E-state index in [1.54, 1.807) is 42.5 Å². The maximum atomic E-state index is 12.1. The van der Waals surface area contributed by atoms with Crippen LogP contribution in [0.25, 0.3) is 22.1 Å². The van der Waals surface area contributed by atoms with Crippen molar-refractivity contribution in [2.75, 3.05) is 6.61 Å². The highest BCUT2D eigenvalue weighted by Crippen LogP contribution is 2.24. The molecule has 156 valence electrons. The molecule has 0 aliphatic rings. The van der Waals surface area contributed by atoms with E-state index in [-0.39, 0.29) is 6.61 Å². The van der Waals surface area contributed by atoms with E-state index in [0.29, 0.717) is 35.3 Å². The lowest BCUT2D eigenvalue weighted by molar-refractivity contribution is -0.142. The van der Waals surface area contributed by atoms with E-state index in [2.05, 4.69) is 5.32 Å². The maximum absolute atomic E-state index is 12.1. The number of carbonyl (C=O) groups excluding carboxylic acids is 1. The second-order valence-corrected chi connectivity index (χ2v) is 6.90. The normalized spacial score (nSPS) is 11.8. The van der Waals surface area contributed by atoms with Gasteiger partial charge in [-0.05, 0) is 48.2 Å². The van der Waals surface area contributed by atoms with Gasteiger partial charge in [-0.25, -0.2) is 9.59 Å². The molecule has 2 aromatic carbocycles. The average molecular weight is 409 g/mol. The van der Waals surface area contributed by atoms with Crippen molar-refractivity contribution in [3.05, 3.63) is 65.0 Å². The van der Waals surface area contributed by atoms with Gasteiger partial charge >= 0.3 is 11.6 Å². The van der Waals surface area contributed by atoms with E-state index >= 15 is 0 Å². The molecule has 0 saturated carbocycles. The lowest BCUT2D eigenvalue weighted by Gasteiger charge is -2.14. The summed E-state index contributed by atoms with van der Waals surface area (Å²) in [5.74, 6) is -0.679. The standard InChI is InChI=1S/C23H23NO6/c1-2-3-8-19(22(26)27)24-21(25)14-29-17-11-9-15(10-12-17)20-13-16-6-4-5-7-18(16)23(28)30-20/h4-7,9-13,19H,2-3,8,14H2,1H3,(H,24,25)(H,26,27)/t19-/m1/s1. The van der Waals surface area contributed by atoms with Crippen molar-refractivity contribution < 1.29 is 23.8 Å². The Morgan fingerprint density at radius 1 is 1.13 bits per heavy atom. The molecule has 0 spiro atoms. The van der Waals surface area contributed by atoms with Gasteiger partial charge in [-0.3, -0.25) is 4.79 Å². The molecule has 30 heavy (non-hydrogen) atoms. The Balaban J connectivity index is 1.63. The Labute approximate surface area is 173 Å². The van der Waals surface area contributed by atoms with Gasteiger partial charge in [0.1, 0.15) is 17.6 Å². The third-order valence-electron chi connectivity index (χ3n) is 4.66. The molecule has 3 rings (SSSR count). The summed E-state index contributed by atoms with van der Waals surface area (Å²) in [6.07, 6.45) is 1.94. The van der Waals surface area contributed by atoms with Gasteiger partial charge in [-0.2, -0.15) is 0 Å². The first-order chi connectivity index (χ1) is 14.5. The van der Waals surface area contributed by atoms with Gasteiger partial charge in [0.15, 0.2) is 6.61 Å². The minimum atomic E-state index is -1.06. The highest BCUT2D eigenvalue weighted by molar-refractivity contribution is 5.85. The lowest BCUT2D eigenvalue weighted by atomic mass is 10.1. The van der Waals surface area contributed by atoms with Gasteiger partial charge in [-0.15, -0.1) is 0 Å². The Morgan fingerprint density at radius 2 is 1.87 bits per heavy atom. The molecule has 0 radical (unpaired) electrons. The number of aliphatic carboxylic acids is 1. The number of hydrogen-bond acceptors (Lipinski definition) is 5. The summed E-state index contributed by atoms with van der Waals surface area (Å²) in [7, 11) is 0. The highest BCUT2D eigenvalue weighted by atomic mass is 16.5. The smallest absolute Gasteiger partial charge is 0.344 e. The molecule has 0 bridgehead atoms. The third kappa shape index (κ3) is 5.26. The predicted octanol–water partition coefficient (Wildman–Crippen LogP) is 3.60. The molecule has 1 atom stereocenters. The minimum absolute atomic E-state index is 0.291. The van der Waals surface area contributed by atoms with E-state index in [1.807, 2.05) is 19.1 Å². The van der Waals surface area contributed by atoms with E-state index < -0.39 is 23.5 Å². The summed E-state index contributed by atoms with van der Waals surface area (Å²) in [5, 5.41) is 12.9. The van der Waals surface area contributed by atoms with Gasteiger partial charge in [0.25, 0.3) is 5.91 Å². The molecule has 0 saturated heterocycles. The summed E-state index contributed by atoms with van der Waals surface area (Å²) in [6, 6.07) is 14.8. The van der Waals surface area contributed by atoms with Crippen LogP contribution in [-0.2, 0) is 9.59 Å². The largest absolute Gasteiger partial charge is 0.484 e. The Morgan fingerprint density at radius 3 is 2.57 bits per heavy atom. The quantitative estimate of drug-likeness (QED) is 0.559. The number of ether oxygens (including phenoxy) is 1. The van der Waals surface area contributed by atoms with Crippen LogP contribution in [0, 0.1) is 0 Å². The number of fused-ring (bicyclic) bond motifs is 1. The predicted molar refractivity (Wildman–Crippen MR) is 113 cm³/mol. The number of amides is 1. The average Bonchev–Trinajstić information content (AvgIpc) is 2.75. The monoisotopic (exact) mass is 409 g/mol. The maximum Gasteiger partial charge on any atom is 0.344 e. The van der Waals surface area contributed by atoms with Crippen molar-refractivity contribution in [2.45, 2.75) is 32.2 Å². The number of unbranched alkanes of at least 4 members (excludes halogenated alkanes) is 1. The van der Waals surface area contributed by atoms with Crippen molar-refractivity contribution >= 4 is 22.6 Å². The number of carboxylic acids is 1. The Hall–Kier alpha value is -3.61. The van der Waals surface area contributed by atoms with Crippen LogP contribution in [0.3, 0.4) is 0 Å². The van der Waals surface area contributed by atoms with Gasteiger partial charge in [0.05, 0.1) is 5.39 Å². The molecular formula is C23H23NO6. The SMILES string of the molecule is CCCC[C@@H](NC(=O)COc1ccc(-c2cc3ccccc3c(=O)o2)cc1)C(=O)O. The van der Waals surface area contributed by atoms with Gasteiger partial charge in [0.2, 0.25) is 0 Å². The van der Waals surface area contributed by atoms with Gasteiger partial charge in [0, 0.05) is 5.56 Å². The van der Waals surface area contributed by atoms with Crippen LogP contribution in [0.5, 0.6) is 5.75 Å². The molecule has 1 heterocycles.